The van der Waals surface area contributed by atoms with Crippen molar-refractivity contribution in [2.45, 2.75) is 0 Å². The Morgan fingerprint density at radius 2 is 1.72 bits per heavy atom. The smallest absolute Gasteiger partial charge is 0.0424 e. The molecule has 18 heavy (non-hydrogen) atoms. The molecule has 2 aliphatic rings. The van der Waals surface area contributed by atoms with Crippen LogP contribution < -0.4 is 5.32 Å². The minimum absolute atomic E-state index is 0.507. The summed E-state index contributed by atoms with van der Waals surface area (Å²) in [6.45, 7) is 2.20. The molecule has 1 heterocycles. The Morgan fingerprint density at radius 3 is 2.50 bits per heavy atom. The van der Waals surface area contributed by atoms with Crippen LogP contribution in [0, 0.1) is 23.2 Å². The summed E-state index contributed by atoms with van der Waals surface area (Å²) in [4.78, 5) is 0. The molecule has 1 saturated carbocycles. The molecule has 2 aromatic carbocycles. The molecule has 1 aliphatic carbocycles. The molecular formula is C16H16N2. The third kappa shape index (κ3) is 1.42. The van der Waals surface area contributed by atoms with Crippen molar-refractivity contribution in [1.29, 1.82) is 5.41 Å². The van der Waals surface area contributed by atoms with Gasteiger partial charge in [-0.25, -0.2) is 0 Å². The molecule has 0 spiro atoms. The summed E-state index contributed by atoms with van der Waals surface area (Å²) in [5.41, 5.74) is 1.95. The van der Waals surface area contributed by atoms with Crippen molar-refractivity contribution in [2.75, 3.05) is 13.1 Å². The normalized spacial score (nSPS) is 29.2. The van der Waals surface area contributed by atoms with Crippen molar-refractivity contribution >= 4 is 16.5 Å². The Labute approximate surface area is 107 Å². The van der Waals surface area contributed by atoms with Gasteiger partial charge in [0.15, 0.2) is 0 Å². The van der Waals surface area contributed by atoms with Gasteiger partial charge in [0.05, 0.1) is 0 Å². The standard InChI is InChI=1S/C16H16N2/c17-16(15-13-8-18-9-14(13)15)12-6-5-10-3-1-2-4-11(10)7-12/h1-7,13-15,17-18H,8-9H2. The third-order valence-electron chi connectivity index (χ3n) is 4.49. The maximum absolute atomic E-state index is 8.39. The van der Waals surface area contributed by atoms with Gasteiger partial charge in [-0.1, -0.05) is 36.4 Å². The van der Waals surface area contributed by atoms with Crippen LogP contribution in [0.4, 0.5) is 0 Å². The van der Waals surface area contributed by atoms with Gasteiger partial charge in [0.2, 0.25) is 0 Å². The molecule has 2 fully saturated rings. The van der Waals surface area contributed by atoms with Crippen molar-refractivity contribution < 1.29 is 0 Å². The molecule has 2 N–H and O–H groups in total. The van der Waals surface area contributed by atoms with Gasteiger partial charge in [-0.3, -0.25) is 0 Å². The number of benzene rings is 2. The number of hydrogen-bond acceptors (Lipinski definition) is 2. The Kier molecular flexibility index (Phi) is 2.09. The summed E-state index contributed by atoms with van der Waals surface area (Å²) in [5, 5.41) is 14.3. The van der Waals surface area contributed by atoms with Crippen LogP contribution in [0.25, 0.3) is 10.8 Å². The highest BCUT2D eigenvalue weighted by Crippen LogP contribution is 2.50. The lowest BCUT2D eigenvalue weighted by Crippen LogP contribution is -2.19. The molecule has 2 aromatic rings. The summed E-state index contributed by atoms with van der Waals surface area (Å²) in [6, 6.07) is 14.8. The van der Waals surface area contributed by atoms with Gasteiger partial charge in [0.1, 0.15) is 0 Å². The topological polar surface area (TPSA) is 35.9 Å². The number of nitrogens with one attached hydrogen (secondary N) is 2. The Morgan fingerprint density at radius 1 is 1.00 bits per heavy atom. The molecule has 2 heteroatoms. The van der Waals surface area contributed by atoms with Gasteiger partial charge in [-0.05, 0) is 47.3 Å². The minimum atomic E-state index is 0.507. The fourth-order valence-corrected chi connectivity index (χ4v) is 3.40. The van der Waals surface area contributed by atoms with E-state index in [9.17, 15) is 0 Å². The van der Waals surface area contributed by atoms with E-state index in [0.29, 0.717) is 5.92 Å². The molecule has 4 rings (SSSR count). The van der Waals surface area contributed by atoms with Gasteiger partial charge in [-0.15, -0.1) is 0 Å². The summed E-state index contributed by atoms with van der Waals surface area (Å²) in [7, 11) is 0. The molecule has 2 atom stereocenters. The van der Waals surface area contributed by atoms with E-state index in [-0.39, 0.29) is 0 Å². The van der Waals surface area contributed by atoms with E-state index < -0.39 is 0 Å². The fraction of sp³-hybridized carbons (Fsp3) is 0.312. The van der Waals surface area contributed by atoms with E-state index in [0.717, 1.165) is 36.2 Å². The van der Waals surface area contributed by atoms with E-state index in [1.54, 1.807) is 0 Å². The average molecular weight is 236 g/mol. The van der Waals surface area contributed by atoms with Gasteiger partial charge in [0, 0.05) is 11.6 Å². The van der Waals surface area contributed by atoms with Gasteiger partial charge < -0.3 is 10.7 Å². The molecule has 0 bridgehead atoms. The van der Waals surface area contributed by atoms with E-state index in [2.05, 4.69) is 47.8 Å². The van der Waals surface area contributed by atoms with Crippen LogP contribution in [0.2, 0.25) is 0 Å². The minimum Gasteiger partial charge on any atom is -0.316 e. The monoisotopic (exact) mass is 236 g/mol. The first-order valence-corrected chi connectivity index (χ1v) is 6.63. The van der Waals surface area contributed by atoms with E-state index in [1.807, 2.05) is 0 Å². The highest BCUT2D eigenvalue weighted by Gasteiger charge is 2.54. The number of fused-ring (bicyclic) bond motifs is 2. The molecule has 2 unspecified atom stereocenters. The lowest BCUT2D eigenvalue weighted by molar-refractivity contribution is 0.684. The van der Waals surface area contributed by atoms with Crippen LogP contribution in [-0.2, 0) is 0 Å². The van der Waals surface area contributed by atoms with Gasteiger partial charge >= 0.3 is 0 Å². The van der Waals surface area contributed by atoms with Crippen LogP contribution in [-0.4, -0.2) is 18.8 Å². The summed E-state index contributed by atoms with van der Waals surface area (Å²) in [5.74, 6) is 1.96. The van der Waals surface area contributed by atoms with Crippen molar-refractivity contribution in [3.63, 3.8) is 0 Å². The third-order valence-corrected chi connectivity index (χ3v) is 4.49. The lowest BCUT2D eigenvalue weighted by Gasteiger charge is -2.08. The molecule has 1 saturated heterocycles. The molecule has 1 aliphatic heterocycles. The molecule has 0 aromatic heterocycles. The maximum atomic E-state index is 8.39. The fourth-order valence-electron chi connectivity index (χ4n) is 3.40. The summed E-state index contributed by atoms with van der Waals surface area (Å²) in [6.07, 6.45) is 0. The second-order valence-electron chi connectivity index (χ2n) is 5.49. The molecule has 90 valence electrons. The second kappa shape index (κ2) is 3.66. The van der Waals surface area contributed by atoms with Crippen molar-refractivity contribution in [3.05, 3.63) is 48.0 Å². The number of piperidine rings is 1. The molecule has 2 nitrogen and oxygen atoms in total. The van der Waals surface area contributed by atoms with E-state index in [4.69, 9.17) is 5.41 Å². The number of rotatable bonds is 2. The van der Waals surface area contributed by atoms with Crippen molar-refractivity contribution in [3.8, 4) is 0 Å². The van der Waals surface area contributed by atoms with Gasteiger partial charge in [-0.2, -0.15) is 0 Å². The Balaban J connectivity index is 1.68. The van der Waals surface area contributed by atoms with Crippen LogP contribution in [0.5, 0.6) is 0 Å². The average Bonchev–Trinajstić information content (AvgIpc) is 2.90. The highest BCUT2D eigenvalue weighted by molar-refractivity contribution is 6.04. The molecule has 0 radical (unpaired) electrons. The lowest BCUT2D eigenvalue weighted by atomic mass is 10.00. The highest BCUT2D eigenvalue weighted by atomic mass is 15.0. The van der Waals surface area contributed by atoms with Crippen LogP contribution in [0.15, 0.2) is 42.5 Å². The van der Waals surface area contributed by atoms with Crippen molar-refractivity contribution in [1.82, 2.24) is 5.32 Å². The predicted molar refractivity (Wildman–Crippen MR) is 74.1 cm³/mol. The first-order valence-electron chi connectivity index (χ1n) is 6.63. The predicted octanol–water partition coefficient (Wildman–Crippen LogP) is 2.67. The van der Waals surface area contributed by atoms with E-state index in [1.165, 1.54) is 10.8 Å². The van der Waals surface area contributed by atoms with Crippen LogP contribution in [0.1, 0.15) is 5.56 Å². The Hall–Kier alpha value is -1.67. The van der Waals surface area contributed by atoms with Gasteiger partial charge in [0.25, 0.3) is 0 Å². The summed E-state index contributed by atoms with van der Waals surface area (Å²) >= 11 is 0. The van der Waals surface area contributed by atoms with Crippen molar-refractivity contribution in [2.24, 2.45) is 17.8 Å². The first kappa shape index (κ1) is 10.3. The zero-order valence-corrected chi connectivity index (χ0v) is 10.2. The first-order chi connectivity index (χ1) is 8.84. The number of hydrogen-bond donors (Lipinski definition) is 2. The second-order valence-corrected chi connectivity index (χ2v) is 5.49. The zero-order chi connectivity index (χ0) is 12.1. The quantitative estimate of drug-likeness (QED) is 0.773. The van der Waals surface area contributed by atoms with Crippen LogP contribution in [0.3, 0.4) is 0 Å². The molecular weight excluding hydrogens is 220 g/mol. The largest absolute Gasteiger partial charge is 0.316 e. The van der Waals surface area contributed by atoms with Crippen LogP contribution >= 0.6 is 0 Å². The SMILES string of the molecule is N=C(c1ccc2ccccc2c1)C1C2CNCC21. The van der Waals surface area contributed by atoms with E-state index >= 15 is 0 Å². The maximum Gasteiger partial charge on any atom is 0.0424 e. The Bertz CT molecular complexity index is 622. The summed E-state index contributed by atoms with van der Waals surface area (Å²) < 4.78 is 0. The molecule has 0 amide bonds. The zero-order valence-electron chi connectivity index (χ0n) is 10.2.